The summed E-state index contributed by atoms with van der Waals surface area (Å²) in [6.07, 6.45) is 0.975. The molecular formula is C10H8F3. The molecular weight excluding hydrogens is 177 g/mol. The number of hydrogen-bond acceptors (Lipinski definition) is 0. The van der Waals surface area contributed by atoms with Crippen LogP contribution in [0.4, 0.5) is 13.2 Å². The van der Waals surface area contributed by atoms with Crippen molar-refractivity contribution in [2.45, 2.75) is 18.8 Å². The lowest BCUT2D eigenvalue weighted by Crippen LogP contribution is -2.17. The van der Waals surface area contributed by atoms with Crippen LogP contribution in [0.5, 0.6) is 0 Å². The van der Waals surface area contributed by atoms with Crippen LogP contribution in [-0.2, 0) is 5.92 Å². The highest BCUT2D eigenvalue weighted by Crippen LogP contribution is 2.50. The lowest BCUT2D eigenvalue weighted by atomic mass is 10.0. The van der Waals surface area contributed by atoms with Gasteiger partial charge in [-0.15, -0.1) is 0 Å². The van der Waals surface area contributed by atoms with E-state index in [0.29, 0.717) is 12.8 Å². The number of rotatable bonds is 2. The van der Waals surface area contributed by atoms with Crippen LogP contribution >= 0.6 is 0 Å². The van der Waals surface area contributed by atoms with Crippen molar-refractivity contribution < 1.29 is 13.2 Å². The molecule has 2 rings (SSSR count). The quantitative estimate of drug-likeness (QED) is 0.664. The Morgan fingerprint density at radius 1 is 1.38 bits per heavy atom. The Bertz CT molecular complexity index is 316. The maximum Gasteiger partial charge on any atom is 0.278 e. The monoisotopic (exact) mass is 185 g/mol. The van der Waals surface area contributed by atoms with Crippen LogP contribution in [0.2, 0.25) is 0 Å². The first-order valence-electron chi connectivity index (χ1n) is 4.16. The lowest BCUT2D eigenvalue weighted by Gasteiger charge is -2.15. The van der Waals surface area contributed by atoms with Crippen molar-refractivity contribution in [1.82, 2.24) is 0 Å². The smallest absolute Gasteiger partial charge is 0.206 e. The summed E-state index contributed by atoms with van der Waals surface area (Å²) in [5.41, 5.74) is -0.516. The van der Waals surface area contributed by atoms with Crippen molar-refractivity contribution in [3.05, 3.63) is 35.6 Å². The minimum atomic E-state index is -3.01. The fourth-order valence-electron chi connectivity index (χ4n) is 1.33. The topological polar surface area (TPSA) is 0 Å². The van der Waals surface area contributed by atoms with E-state index in [9.17, 15) is 13.2 Å². The Morgan fingerprint density at radius 2 is 2.08 bits per heavy atom. The second-order valence-corrected chi connectivity index (χ2v) is 3.30. The molecule has 1 aliphatic carbocycles. The van der Waals surface area contributed by atoms with Crippen molar-refractivity contribution in [3.8, 4) is 0 Å². The Morgan fingerprint density at radius 3 is 2.62 bits per heavy atom. The first kappa shape index (κ1) is 8.60. The summed E-state index contributed by atoms with van der Waals surface area (Å²) in [4.78, 5) is 0. The van der Waals surface area contributed by atoms with E-state index in [1.54, 1.807) is 0 Å². The molecule has 0 aromatic heterocycles. The summed E-state index contributed by atoms with van der Waals surface area (Å²) in [6.45, 7) is 0. The van der Waals surface area contributed by atoms with E-state index < -0.39 is 23.2 Å². The van der Waals surface area contributed by atoms with Crippen LogP contribution < -0.4 is 0 Å². The molecule has 0 saturated heterocycles. The van der Waals surface area contributed by atoms with Crippen LogP contribution in [0, 0.1) is 17.8 Å². The molecule has 69 valence electrons. The molecule has 0 bridgehead atoms. The van der Waals surface area contributed by atoms with Crippen molar-refractivity contribution in [2.24, 2.45) is 5.92 Å². The third kappa shape index (κ3) is 1.43. The van der Waals surface area contributed by atoms with Gasteiger partial charge in [-0.3, -0.25) is 0 Å². The van der Waals surface area contributed by atoms with Gasteiger partial charge in [-0.05, 0) is 31.0 Å². The minimum absolute atomic E-state index is 0.487. The number of alkyl halides is 2. The van der Waals surface area contributed by atoms with E-state index in [4.69, 9.17) is 0 Å². The third-order valence-electron chi connectivity index (χ3n) is 2.26. The van der Waals surface area contributed by atoms with Gasteiger partial charge >= 0.3 is 0 Å². The largest absolute Gasteiger partial charge is 0.278 e. The van der Waals surface area contributed by atoms with E-state index in [0.717, 1.165) is 12.1 Å². The van der Waals surface area contributed by atoms with Gasteiger partial charge in [-0.1, -0.05) is 6.07 Å². The van der Waals surface area contributed by atoms with Crippen LogP contribution in [0.1, 0.15) is 18.4 Å². The average Bonchev–Trinajstić information content (AvgIpc) is 2.86. The highest BCUT2D eigenvalue weighted by atomic mass is 19.3. The summed E-state index contributed by atoms with van der Waals surface area (Å²) in [7, 11) is 0. The first-order chi connectivity index (χ1) is 6.12. The van der Waals surface area contributed by atoms with E-state index in [1.165, 1.54) is 6.07 Å². The molecule has 0 unspecified atom stereocenters. The van der Waals surface area contributed by atoms with Gasteiger partial charge < -0.3 is 0 Å². The molecule has 0 atom stereocenters. The predicted octanol–water partition coefficient (Wildman–Crippen LogP) is 3.13. The second kappa shape index (κ2) is 2.76. The average molecular weight is 185 g/mol. The summed E-state index contributed by atoms with van der Waals surface area (Å²) < 4.78 is 39.7. The van der Waals surface area contributed by atoms with Crippen molar-refractivity contribution in [2.75, 3.05) is 0 Å². The highest BCUT2D eigenvalue weighted by Gasteiger charge is 2.49. The number of halogens is 3. The predicted molar refractivity (Wildman–Crippen MR) is 41.9 cm³/mol. The van der Waals surface area contributed by atoms with Gasteiger partial charge in [0.2, 0.25) is 0 Å². The molecule has 13 heavy (non-hydrogen) atoms. The van der Waals surface area contributed by atoms with Crippen LogP contribution in [-0.4, -0.2) is 0 Å². The van der Waals surface area contributed by atoms with Crippen molar-refractivity contribution >= 4 is 0 Å². The SMILES string of the molecule is Fc1cc[c]cc1C(F)(F)C1CC1. The molecule has 1 aliphatic rings. The second-order valence-electron chi connectivity index (χ2n) is 3.30. The number of hydrogen-bond donors (Lipinski definition) is 0. The van der Waals surface area contributed by atoms with Crippen LogP contribution in [0.3, 0.4) is 0 Å². The number of benzene rings is 1. The van der Waals surface area contributed by atoms with Gasteiger partial charge in [0, 0.05) is 5.92 Å². The maximum atomic E-state index is 13.3. The molecule has 0 spiro atoms. The Kier molecular flexibility index (Phi) is 1.82. The molecule has 1 radical (unpaired) electrons. The Hall–Kier alpha value is -0.990. The summed E-state index contributed by atoms with van der Waals surface area (Å²) >= 11 is 0. The van der Waals surface area contributed by atoms with Crippen molar-refractivity contribution in [3.63, 3.8) is 0 Å². The third-order valence-corrected chi connectivity index (χ3v) is 2.26. The molecule has 0 nitrogen and oxygen atoms in total. The van der Waals surface area contributed by atoms with E-state index in [-0.39, 0.29) is 0 Å². The zero-order chi connectivity index (χ0) is 9.47. The van der Waals surface area contributed by atoms with Crippen LogP contribution in [0.25, 0.3) is 0 Å². The fraction of sp³-hybridized carbons (Fsp3) is 0.400. The van der Waals surface area contributed by atoms with Crippen molar-refractivity contribution in [1.29, 1.82) is 0 Å². The van der Waals surface area contributed by atoms with Gasteiger partial charge in [-0.2, -0.15) is 0 Å². The molecule has 1 saturated carbocycles. The van der Waals surface area contributed by atoms with Gasteiger partial charge in [0.05, 0.1) is 5.56 Å². The van der Waals surface area contributed by atoms with Gasteiger partial charge in [-0.25, -0.2) is 13.2 Å². The molecule has 0 heterocycles. The minimum Gasteiger partial charge on any atom is -0.206 e. The molecule has 0 aliphatic heterocycles. The fourth-order valence-corrected chi connectivity index (χ4v) is 1.33. The molecule has 3 heteroatoms. The lowest BCUT2D eigenvalue weighted by molar-refractivity contribution is -0.0318. The Balaban J connectivity index is 2.38. The summed E-state index contributed by atoms with van der Waals surface area (Å²) in [5.74, 6) is -4.52. The van der Waals surface area contributed by atoms with E-state index >= 15 is 0 Å². The van der Waals surface area contributed by atoms with E-state index in [2.05, 4.69) is 6.07 Å². The molecule has 1 aromatic carbocycles. The van der Waals surface area contributed by atoms with Crippen LogP contribution in [0.15, 0.2) is 18.2 Å². The zero-order valence-corrected chi connectivity index (χ0v) is 6.86. The summed E-state index contributed by atoms with van der Waals surface area (Å²) in [5, 5.41) is 0. The first-order valence-corrected chi connectivity index (χ1v) is 4.16. The van der Waals surface area contributed by atoms with E-state index in [1.807, 2.05) is 0 Å². The molecule has 1 fully saturated rings. The standard InChI is InChI=1S/C10H8F3/c11-9-4-2-1-3-8(9)10(12,13)7-5-6-7/h2-4,7H,5-6H2. The maximum absolute atomic E-state index is 13.3. The normalized spacial score (nSPS) is 17.5. The highest BCUT2D eigenvalue weighted by molar-refractivity contribution is 5.23. The molecule has 0 N–H and O–H groups in total. The summed E-state index contributed by atoms with van der Waals surface area (Å²) in [6, 6.07) is 5.82. The van der Waals surface area contributed by atoms with Gasteiger partial charge in [0.15, 0.2) is 0 Å². The molecule has 0 amide bonds. The Labute approximate surface area is 74.4 Å². The van der Waals surface area contributed by atoms with Gasteiger partial charge in [0.25, 0.3) is 5.92 Å². The molecule has 1 aromatic rings. The zero-order valence-electron chi connectivity index (χ0n) is 6.86. The van der Waals surface area contributed by atoms with Gasteiger partial charge in [0.1, 0.15) is 5.82 Å².